The van der Waals surface area contributed by atoms with Crippen LogP contribution in [-0.2, 0) is 0 Å². The van der Waals surface area contributed by atoms with Crippen LogP contribution in [0.2, 0.25) is 0 Å². The number of nitrogens with zero attached hydrogens (tertiary/aromatic N) is 4. The van der Waals surface area contributed by atoms with E-state index in [1.165, 1.54) is 16.3 Å². The van der Waals surface area contributed by atoms with Gasteiger partial charge in [-0.15, -0.1) is 0 Å². The summed E-state index contributed by atoms with van der Waals surface area (Å²) in [7, 11) is 0. The fourth-order valence-corrected chi connectivity index (χ4v) is 7.08. The van der Waals surface area contributed by atoms with Crippen LogP contribution < -0.4 is 0 Å². The second kappa shape index (κ2) is 11.4. The quantitative estimate of drug-likeness (QED) is 0.188. The first-order valence-electron chi connectivity index (χ1n) is 16.7. The van der Waals surface area contributed by atoms with E-state index < -0.39 is 0 Å². The van der Waals surface area contributed by atoms with E-state index in [-0.39, 0.29) is 0 Å². The van der Waals surface area contributed by atoms with E-state index in [1.54, 1.807) is 0 Å². The molecule has 234 valence electrons. The van der Waals surface area contributed by atoms with Crippen molar-refractivity contribution < 1.29 is 4.42 Å². The summed E-state index contributed by atoms with van der Waals surface area (Å²) in [5.41, 5.74) is 10.1. The van der Waals surface area contributed by atoms with Gasteiger partial charge in [0.1, 0.15) is 11.2 Å². The number of aromatic nitrogens is 4. The lowest BCUT2D eigenvalue weighted by Crippen LogP contribution is -2.00. The van der Waals surface area contributed by atoms with Crippen LogP contribution in [0.25, 0.3) is 94.7 Å². The lowest BCUT2D eigenvalue weighted by Gasteiger charge is -2.09. The highest BCUT2D eigenvalue weighted by Gasteiger charge is 2.18. The minimum Gasteiger partial charge on any atom is -0.455 e. The number of hydrogen-bond donors (Lipinski definition) is 0. The minimum atomic E-state index is 0.629. The number of hydrogen-bond acceptors (Lipinski definition) is 4. The zero-order valence-corrected chi connectivity index (χ0v) is 26.9. The van der Waals surface area contributed by atoms with Crippen LogP contribution in [0.4, 0.5) is 0 Å². The maximum absolute atomic E-state index is 6.71. The molecule has 5 nitrogen and oxygen atoms in total. The van der Waals surface area contributed by atoms with Crippen LogP contribution in [0.5, 0.6) is 0 Å². The second-order valence-electron chi connectivity index (χ2n) is 12.5. The smallest absolute Gasteiger partial charge is 0.164 e. The highest BCUT2D eigenvalue weighted by atomic mass is 16.3. The highest BCUT2D eigenvalue weighted by molar-refractivity contribution is 6.18. The van der Waals surface area contributed by atoms with Crippen molar-refractivity contribution in [1.29, 1.82) is 0 Å². The molecule has 0 aliphatic carbocycles. The molecule has 5 heteroatoms. The largest absolute Gasteiger partial charge is 0.455 e. The van der Waals surface area contributed by atoms with Crippen LogP contribution in [0.3, 0.4) is 0 Å². The molecule has 0 unspecified atom stereocenters. The first kappa shape index (κ1) is 28.2. The van der Waals surface area contributed by atoms with Crippen molar-refractivity contribution in [1.82, 2.24) is 19.5 Å². The van der Waals surface area contributed by atoms with E-state index in [0.29, 0.717) is 17.5 Å². The molecule has 0 atom stereocenters. The number of fused-ring (bicyclic) bond motifs is 6. The van der Waals surface area contributed by atoms with Gasteiger partial charge in [-0.25, -0.2) is 15.0 Å². The number of furan rings is 1. The molecule has 7 aromatic carbocycles. The molecule has 3 heterocycles. The van der Waals surface area contributed by atoms with Gasteiger partial charge in [-0.05, 0) is 35.9 Å². The average Bonchev–Trinajstić information content (AvgIpc) is 3.73. The Bertz CT molecular complexity index is 2780. The van der Waals surface area contributed by atoms with Gasteiger partial charge in [-0.2, -0.15) is 0 Å². The summed E-state index contributed by atoms with van der Waals surface area (Å²) in [5, 5.41) is 4.56. The molecule has 0 aliphatic rings. The van der Waals surface area contributed by atoms with Crippen molar-refractivity contribution in [3.05, 3.63) is 170 Å². The molecule has 0 N–H and O–H groups in total. The maximum Gasteiger partial charge on any atom is 0.164 e. The third-order valence-corrected chi connectivity index (χ3v) is 9.46. The van der Waals surface area contributed by atoms with Gasteiger partial charge in [0.25, 0.3) is 0 Å². The summed E-state index contributed by atoms with van der Waals surface area (Å²) in [5.74, 6) is 1.92. The van der Waals surface area contributed by atoms with Gasteiger partial charge in [0.15, 0.2) is 17.5 Å². The van der Waals surface area contributed by atoms with Crippen molar-refractivity contribution in [2.24, 2.45) is 0 Å². The van der Waals surface area contributed by atoms with Crippen molar-refractivity contribution in [3.63, 3.8) is 0 Å². The molecule has 0 saturated carbocycles. The van der Waals surface area contributed by atoms with Crippen LogP contribution in [0, 0.1) is 0 Å². The topological polar surface area (TPSA) is 56.7 Å². The van der Waals surface area contributed by atoms with Crippen molar-refractivity contribution >= 4 is 43.7 Å². The Kier molecular flexibility index (Phi) is 6.42. The summed E-state index contributed by atoms with van der Waals surface area (Å²) >= 11 is 0. The van der Waals surface area contributed by atoms with Gasteiger partial charge in [0.2, 0.25) is 0 Å². The molecular formula is C45H28N4O. The summed E-state index contributed by atoms with van der Waals surface area (Å²) < 4.78 is 9.06. The van der Waals surface area contributed by atoms with E-state index in [1.807, 2.05) is 60.7 Å². The van der Waals surface area contributed by atoms with Crippen LogP contribution in [0.15, 0.2) is 174 Å². The summed E-state index contributed by atoms with van der Waals surface area (Å²) in [6, 6.07) is 58.5. The summed E-state index contributed by atoms with van der Waals surface area (Å²) in [4.78, 5) is 14.7. The van der Waals surface area contributed by atoms with Crippen LogP contribution >= 0.6 is 0 Å². The molecule has 10 rings (SSSR count). The Balaban J connectivity index is 1.09. The third kappa shape index (κ3) is 4.60. The van der Waals surface area contributed by atoms with Gasteiger partial charge in [-0.1, -0.05) is 140 Å². The molecule has 3 aromatic heterocycles. The molecule has 0 radical (unpaired) electrons. The standard InChI is InChI=1S/C45H28N4O/c1-4-13-30(14-5-1)43-46-44(31-15-6-2-7-16-31)48-45(47-43)32-25-23-29(24-26-32)34-20-12-21-36-38-27-40-37(28-41(38)50-42(34)36)35-19-10-11-22-39(35)49(40)33-17-8-3-9-18-33/h1-28H. The molecule has 0 spiro atoms. The molecule has 50 heavy (non-hydrogen) atoms. The van der Waals surface area contributed by atoms with Crippen molar-refractivity contribution in [2.75, 3.05) is 0 Å². The first-order valence-corrected chi connectivity index (χ1v) is 16.7. The zero-order chi connectivity index (χ0) is 33.0. The Hall–Kier alpha value is -6.85. The first-order chi connectivity index (χ1) is 24.8. The van der Waals surface area contributed by atoms with Gasteiger partial charge in [0, 0.05) is 49.5 Å². The average molecular weight is 641 g/mol. The SMILES string of the molecule is c1ccc(-c2nc(-c3ccccc3)nc(-c3ccc(-c4cccc5c4oc4cc6c7ccccc7n(-c7ccccc7)c6cc45)cc3)n2)cc1. The molecule has 0 amide bonds. The number of rotatable bonds is 5. The molecular weight excluding hydrogens is 613 g/mol. The second-order valence-corrected chi connectivity index (χ2v) is 12.5. The van der Waals surface area contributed by atoms with Crippen LogP contribution in [0.1, 0.15) is 0 Å². The fourth-order valence-electron chi connectivity index (χ4n) is 7.08. The van der Waals surface area contributed by atoms with Crippen molar-refractivity contribution in [2.45, 2.75) is 0 Å². The number of para-hydroxylation sites is 3. The minimum absolute atomic E-state index is 0.629. The summed E-state index contributed by atoms with van der Waals surface area (Å²) in [6.45, 7) is 0. The maximum atomic E-state index is 6.71. The van der Waals surface area contributed by atoms with Gasteiger partial charge in [0.05, 0.1) is 11.0 Å². The molecule has 0 aliphatic heterocycles. The molecule has 0 saturated heterocycles. The Morgan fingerprint density at radius 1 is 0.380 bits per heavy atom. The van der Waals surface area contributed by atoms with E-state index in [2.05, 4.69) is 114 Å². The van der Waals surface area contributed by atoms with E-state index in [4.69, 9.17) is 19.4 Å². The van der Waals surface area contributed by atoms with Crippen LogP contribution in [-0.4, -0.2) is 19.5 Å². The fraction of sp³-hybridized carbons (Fsp3) is 0. The van der Waals surface area contributed by atoms with Gasteiger partial charge in [-0.3, -0.25) is 0 Å². The van der Waals surface area contributed by atoms with Gasteiger partial charge >= 0.3 is 0 Å². The molecule has 0 bridgehead atoms. The summed E-state index contributed by atoms with van der Waals surface area (Å²) in [6.07, 6.45) is 0. The monoisotopic (exact) mass is 640 g/mol. The van der Waals surface area contributed by atoms with E-state index >= 15 is 0 Å². The Morgan fingerprint density at radius 2 is 0.920 bits per heavy atom. The Labute approximate surface area is 287 Å². The predicted molar refractivity (Wildman–Crippen MR) is 203 cm³/mol. The lowest BCUT2D eigenvalue weighted by atomic mass is 10.0. The normalized spacial score (nSPS) is 11.6. The van der Waals surface area contributed by atoms with Crippen molar-refractivity contribution in [3.8, 4) is 51.0 Å². The van der Waals surface area contributed by atoms with E-state index in [9.17, 15) is 0 Å². The third-order valence-electron chi connectivity index (χ3n) is 9.46. The number of benzene rings is 7. The molecule has 0 fully saturated rings. The molecule has 10 aromatic rings. The highest BCUT2D eigenvalue weighted by Crippen LogP contribution is 2.41. The Morgan fingerprint density at radius 3 is 1.58 bits per heavy atom. The van der Waals surface area contributed by atoms with Gasteiger partial charge < -0.3 is 8.98 Å². The predicted octanol–water partition coefficient (Wildman–Crippen LogP) is 11.5. The van der Waals surface area contributed by atoms with E-state index in [0.717, 1.165) is 61.0 Å². The zero-order valence-electron chi connectivity index (χ0n) is 26.9. The lowest BCUT2D eigenvalue weighted by molar-refractivity contribution is 0.670.